The molecule has 1 aromatic rings. The highest BCUT2D eigenvalue weighted by Crippen LogP contribution is 2.25. The SMILES string of the molecule is NCC1(OCc2ccc(F)c(F)c2)CCOCC1. The van der Waals surface area contributed by atoms with Crippen molar-refractivity contribution in [3.63, 3.8) is 0 Å². The van der Waals surface area contributed by atoms with E-state index < -0.39 is 17.2 Å². The van der Waals surface area contributed by atoms with E-state index in [0.29, 0.717) is 25.3 Å². The molecular weight excluding hydrogens is 240 g/mol. The lowest BCUT2D eigenvalue weighted by atomic mass is 9.94. The van der Waals surface area contributed by atoms with Crippen molar-refractivity contribution >= 4 is 0 Å². The molecular formula is C13H17F2NO2. The summed E-state index contributed by atoms with van der Waals surface area (Å²) in [5.74, 6) is -1.71. The second kappa shape index (κ2) is 5.73. The van der Waals surface area contributed by atoms with Crippen LogP contribution in [-0.2, 0) is 16.1 Å². The molecule has 0 unspecified atom stereocenters. The van der Waals surface area contributed by atoms with Gasteiger partial charge in [0.15, 0.2) is 11.6 Å². The summed E-state index contributed by atoms with van der Waals surface area (Å²) in [6, 6.07) is 3.77. The molecule has 100 valence electrons. The molecule has 18 heavy (non-hydrogen) atoms. The van der Waals surface area contributed by atoms with Crippen LogP contribution in [0.25, 0.3) is 0 Å². The maximum atomic E-state index is 13.0. The lowest BCUT2D eigenvalue weighted by Gasteiger charge is -2.36. The third-order valence-electron chi connectivity index (χ3n) is 3.31. The van der Waals surface area contributed by atoms with Crippen molar-refractivity contribution < 1.29 is 18.3 Å². The van der Waals surface area contributed by atoms with Crippen molar-refractivity contribution in [2.45, 2.75) is 25.0 Å². The molecule has 0 bridgehead atoms. The van der Waals surface area contributed by atoms with Gasteiger partial charge in [0, 0.05) is 32.6 Å². The molecule has 5 heteroatoms. The normalized spacial score (nSPS) is 18.8. The van der Waals surface area contributed by atoms with E-state index in [4.69, 9.17) is 15.2 Å². The molecule has 1 aliphatic heterocycles. The minimum Gasteiger partial charge on any atom is -0.381 e. The zero-order chi connectivity index (χ0) is 13.0. The Morgan fingerprint density at radius 2 is 1.94 bits per heavy atom. The van der Waals surface area contributed by atoms with Crippen LogP contribution in [0.1, 0.15) is 18.4 Å². The molecule has 0 spiro atoms. The molecule has 0 saturated carbocycles. The molecule has 3 nitrogen and oxygen atoms in total. The van der Waals surface area contributed by atoms with Gasteiger partial charge in [-0.2, -0.15) is 0 Å². The molecule has 2 N–H and O–H groups in total. The predicted octanol–water partition coefficient (Wildman–Crippen LogP) is 1.99. The number of ether oxygens (including phenoxy) is 2. The van der Waals surface area contributed by atoms with Gasteiger partial charge in [-0.1, -0.05) is 6.07 Å². The van der Waals surface area contributed by atoms with Crippen molar-refractivity contribution in [2.24, 2.45) is 5.73 Å². The molecule has 1 saturated heterocycles. The fourth-order valence-corrected chi connectivity index (χ4v) is 2.02. The summed E-state index contributed by atoms with van der Waals surface area (Å²) in [4.78, 5) is 0. The first-order chi connectivity index (χ1) is 8.65. The Hall–Kier alpha value is -1.04. The van der Waals surface area contributed by atoms with Gasteiger partial charge in [-0.25, -0.2) is 8.78 Å². The van der Waals surface area contributed by atoms with Crippen LogP contribution in [0.5, 0.6) is 0 Å². The fourth-order valence-electron chi connectivity index (χ4n) is 2.02. The van der Waals surface area contributed by atoms with Gasteiger partial charge in [0.25, 0.3) is 0 Å². The minimum atomic E-state index is -0.857. The maximum absolute atomic E-state index is 13.0. The molecule has 1 aromatic carbocycles. The Kier molecular flexibility index (Phi) is 4.27. The summed E-state index contributed by atoms with van der Waals surface area (Å²) in [5, 5.41) is 0. The fraction of sp³-hybridized carbons (Fsp3) is 0.538. The standard InChI is InChI=1S/C13H17F2NO2/c14-11-2-1-10(7-12(11)15)8-18-13(9-16)3-5-17-6-4-13/h1-2,7H,3-6,8-9,16H2. The molecule has 0 aliphatic carbocycles. The number of benzene rings is 1. The van der Waals surface area contributed by atoms with Crippen molar-refractivity contribution in [1.82, 2.24) is 0 Å². The van der Waals surface area contributed by atoms with Gasteiger partial charge < -0.3 is 15.2 Å². The first-order valence-electron chi connectivity index (χ1n) is 6.01. The number of rotatable bonds is 4. The molecule has 0 amide bonds. The van der Waals surface area contributed by atoms with Crippen molar-refractivity contribution in [3.05, 3.63) is 35.4 Å². The molecule has 1 fully saturated rings. The van der Waals surface area contributed by atoms with Crippen LogP contribution in [0, 0.1) is 11.6 Å². The number of nitrogens with two attached hydrogens (primary N) is 1. The number of hydrogen-bond donors (Lipinski definition) is 1. The van der Waals surface area contributed by atoms with E-state index in [1.165, 1.54) is 6.07 Å². The Balaban J connectivity index is 1.98. The van der Waals surface area contributed by atoms with E-state index in [2.05, 4.69) is 0 Å². The average molecular weight is 257 g/mol. The molecule has 1 heterocycles. The first-order valence-corrected chi connectivity index (χ1v) is 6.01. The molecule has 0 atom stereocenters. The lowest BCUT2D eigenvalue weighted by molar-refractivity contribution is -0.112. The van der Waals surface area contributed by atoms with E-state index >= 15 is 0 Å². The second-order valence-corrected chi connectivity index (χ2v) is 4.54. The summed E-state index contributed by atoms with van der Waals surface area (Å²) in [5.41, 5.74) is 5.95. The van der Waals surface area contributed by atoms with E-state index in [0.717, 1.165) is 25.0 Å². The van der Waals surface area contributed by atoms with Gasteiger partial charge >= 0.3 is 0 Å². The third-order valence-corrected chi connectivity index (χ3v) is 3.31. The summed E-state index contributed by atoms with van der Waals surface area (Å²) in [6.07, 6.45) is 1.46. The van der Waals surface area contributed by atoms with E-state index in [1.54, 1.807) is 0 Å². The first kappa shape index (κ1) is 13.4. The maximum Gasteiger partial charge on any atom is 0.159 e. The number of hydrogen-bond acceptors (Lipinski definition) is 3. The lowest BCUT2D eigenvalue weighted by Crippen LogP contribution is -2.45. The van der Waals surface area contributed by atoms with E-state index in [-0.39, 0.29) is 6.61 Å². The average Bonchev–Trinajstić information content (AvgIpc) is 2.41. The van der Waals surface area contributed by atoms with Crippen LogP contribution in [-0.4, -0.2) is 25.4 Å². The third kappa shape index (κ3) is 3.04. The zero-order valence-electron chi connectivity index (χ0n) is 10.1. The van der Waals surface area contributed by atoms with Gasteiger partial charge in [-0.15, -0.1) is 0 Å². The van der Waals surface area contributed by atoms with Gasteiger partial charge in [0.05, 0.1) is 12.2 Å². The number of halogens is 2. The summed E-state index contributed by atoms with van der Waals surface area (Å²) < 4.78 is 36.9. The predicted molar refractivity (Wildman–Crippen MR) is 63.0 cm³/mol. The monoisotopic (exact) mass is 257 g/mol. The summed E-state index contributed by atoms with van der Waals surface area (Å²) in [6.45, 7) is 1.87. The Bertz CT molecular complexity index is 406. The minimum absolute atomic E-state index is 0.231. The Labute approximate surface area is 105 Å². The topological polar surface area (TPSA) is 44.5 Å². The highest BCUT2D eigenvalue weighted by Gasteiger charge is 2.32. The van der Waals surface area contributed by atoms with Crippen LogP contribution >= 0.6 is 0 Å². The van der Waals surface area contributed by atoms with Crippen LogP contribution in [0.15, 0.2) is 18.2 Å². The van der Waals surface area contributed by atoms with E-state index in [9.17, 15) is 8.78 Å². The van der Waals surface area contributed by atoms with Crippen molar-refractivity contribution in [1.29, 1.82) is 0 Å². The van der Waals surface area contributed by atoms with Crippen LogP contribution in [0.2, 0.25) is 0 Å². The van der Waals surface area contributed by atoms with Gasteiger partial charge in [-0.05, 0) is 17.7 Å². The van der Waals surface area contributed by atoms with Gasteiger partial charge in [0.1, 0.15) is 0 Å². The molecule has 0 radical (unpaired) electrons. The molecule has 2 rings (SSSR count). The quantitative estimate of drug-likeness (QED) is 0.897. The molecule has 0 aromatic heterocycles. The highest BCUT2D eigenvalue weighted by atomic mass is 19.2. The van der Waals surface area contributed by atoms with Crippen LogP contribution in [0.3, 0.4) is 0 Å². The van der Waals surface area contributed by atoms with Crippen LogP contribution < -0.4 is 5.73 Å². The molecule has 1 aliphatic rings. The van der Waals surface area contributed by atoms with Crippen LogP contribution in [0.4, 0.5) is 8.78 Å². The van der Waals surface area contributed by atoms with Crippen molar-refractivity contribution in [3.8, 4) is 0 Å². The highest BCUT2D eigenvalue weighted by molar-refractivity contribution is 5.17. The Morgan fingerprint density at radius 1 is 1.22 bits per heavy atom. The van der Waals surface area contributed by atoms with Crippen molar-refractivity contribution in [2.75, 3.05) is 19.8 Å². The van der Waals surface area contributed by atoms with Gasteiger partial charge in [-0.3, -0.25) is 0 Å². The summed E-state index contributed by atoms with van der Waals surface area (Å²) in [7, 11) is 0. The zero-order valence-corrected chi connectivity index (χ0v) is 10.1. The smallest absolute Gasteiger partial charge is 0.159 e. The largest absolute Gasteiger partial charge is 0.381 e. The van der Waals surface area contributed by atoms with E-state index in [1.807, 2.05) is 0 Å². The second-order valence-electron chi connectivity index (χ2n) is 4.54. The summed E-state index contributed by atoms with van der Waals surface area (Å²) >= 11 is 0. The Morgan fingerprint density at radius 3 is 2.56 bits per heavy atom. The van der Waals surface area contributed by atoms with Gasteiger partial charge in [0.2, 0.25) is 0 Å².